The van der Waals surface area contributed by atoms with Crippen LogP contribution >= 0.6 is 0 Å². The lowest BCUT2D eigenvalue weighted by molar-refractivity contribution is 0.428. The third kappa shape index (κ3) is 1.40. The van der Waals surface area contributed by atoms with Gasteiger partial charge in [0.1, 0.15) is 0 Å². The molecule has 1 aliphatic rings. The molecule has 1 heterocycles. The fraction of sp³-hybridized carbons (Fsp3) is 0.714. The van der Waals surface area contributed by atoms with Gasteiger partial charge in [0.05, 0.1) is 15.8 Å². The summed E-state index contributed by atoms with van der Waals surface area (Å²) >= 11 is 0. The van der Waals surface area contributed by atoms with Crippen LogP contribution in [0.2, 0.25) is 0 Å². The van der Waals surface area contributed by atoms with Gasteiger partial charge in [0.15, 0.2) is 0 Å². The Balaban J connectivity index is 2.73. The normalized spacial score (nSPS) is 31.2. The highest BCUT2D eigenvalue weighted by Crippen LogP contribution is 2.14. The molecule has 10 heavy (non-hydrogen) atoms. The topological polar surface area (TPSA) is 20.3 Å². The summed E-state index contributed by atoms with van der Waals surface area (Å²) in [5.74, 6) is 0.837. The number of allylic oxidation sites excluding steroid dienone is 1. The van der Waals surface area contributed by atoms with Crippen molar-refractivity contribution in [3.63, 3.8) is 0 Å². The van der Waals surface area contributed by atoms with Crippen molar-refractivity contribution in [1.29, 1.82) is 0 Å². The summed E-state index contributed by atoms with van der Waals surface area (Å²) in [4.78, 5) is 2.07. The largest absolute Gasteiger partial charge is 0.368 e. The van der Waals surface area contributed by atoms with E-state index in [1.54, 1.807) is 0 Å². The quantitative estimate of drug-likeness (QED) is 0.524. The molecule has 1 unspecified atom stereocenters. The average Bonchev–Trinajstić information content (AvgIpc) is 1.88. The maximum Gasteiger partial charge on any atom is 0.0975 e. The summed E-state index contributed by atoms with van der Waals surface area (Å²) < 4.78 is 11.2. The van der Waals surface area contributed by atoms with Crippen molar-refractivity contribution in [2.24, 2.45) is 0 Å². The van der Waals surface area contributed by atoms with Crippen LogP contribution in [0.4, 0.5) is 0 Å². The first kappa shape index (κ1) is 7.79. The summed E-state index contributed by atoms with van der Waals surface area (Å²) in [7, 11) is 1.27. The Hall–Kier alpha value is -0.310. The molecule has 0 aromatic heterocycles. The molecule has 1 atom stereocenters. The first-order valence-electron chi connectivity index (χ1n) is 3.51. The molecule has 0 aromatic carbocycles. The van der Waals surface area contributed by atoms with E-state index >= 15 is 0 Å². The maximum atomic E-state index is 11.2. The average molecular weight is 159 g/mol. The van der Waals surface area contributed by atoms with Gasteiger partial charge < -0.3 is 4.90 Å². The van der Waals surface area contributed by atoms with Crippen LogP contribution in [-0.2, 0) is 10.8 Å². The molecular formula is C7H13NOS. The molecule has 1 rings (SSSR count). The lowest BCUT2D eigenvalue weighted by Crippen LogP contribution is -2.29. The number of rotatable bonds is 0. The Bertz CT molecular complexity index is 176. The highest BCUT2D eigenvalue weighted by atomic mass is 32.2. The summed E-state index contributed by atoms with van der Waals surface area (Å²) in [6, 6.07) is 0. The van der Waals surface area contributed by atoms with Gasteiger partial charge in [0.2, 0.25) is 0 Å². The summed E-state index contributed by atoms with van der Waals surface area (Å²) in [5.41, 5.74) is 0. The fourth-order valence-electron chi connectivity index (χ4n) is 1.17. The van der Waals surface area contributed by atoms with Crippen LogP contribution in [-0.4, -0.2) is 28.5 Å². The van der Waals surface area contributed by atoms with Crippen LogP contribution in [0.25, 0.3) is 0 Å². The minimum Gasteiger partial charge on any atom is -0.368 e. The zero-order valence-corrected chi connectivity index (χ0v) is 7.28. The van der Waals surface area contributed by atoms with Gasteiger partial charge in [-0.1, -0.05) is 6.08 Å². The van der Waals surface area contributed by atoms with Crippen molar-refractivity contribution in [2.75, 3.05) is 19.3 Å². The second-order valence-corrected chi connectivity index (χ2v) is 3.97. The van der Waals surface area contributed by atoms with E-state index in [0.717, 1.165) is 23.7 Å². The van der Waals surface area contributed by atoms with Gasteiger partial charge in [-0.25, -0.2) is 0 Å². The second kappa shape index (κ2) is 3.19. The van der Waals surface area contributed by atoms with E-state index in [-0.39, 0.29) is 0 Å². The highest BCUT2D eigenvalue weighted by Gasteiger charge is 2.16. The lowest BCUT2D eigenvalue weighted by atomic mass is 10.4. The van der Waals surface area contributed by atoms with Gasteiger partial charge in [-0.2, -0.15) is 0 Å². The monoisotopic (exact) mass is 159 g/mol. The minimum atomic E-state index is -0.721. The predicted octanol–water partition coefficient (Wildman–Crippen LogP) is 0.932. The van der Waals surface area contributed by atoms with E-state index in [1.807, 2.05) is 20.0 Å². The number of hydrogen-bond donors (Lipinski definition) is 0. The maximum absolute atomic E-state index is 11.2. The Morgan fingerprint density at radius 2 is 2.40 bits per heavy atom. The molecule has 0 aliphatic carbocycles. The Morgan fingerprint density at radius 1 is 1.70 bits per heavy atom. The van der Waals surface area contributed by atoms with Crippen molar-refractivity contribution in [3.05, 3.63) is 11.1 Å². The predicted molar refractivity (Wildman–Crippen MR) is 44.0 cm³/mol. The Morgan fingerprint density at radius 3 is 2.80 bits per heavy atom. The summed E-state index contributed by atoms with van der Waals surface area (Å²) in [5, 5.41) is 0.992. The molecule has 0 spiro atoms. The smallest absolute Gasteiger partial charge is 0.0975 e. The van der Waals surface area contributed by atoms with Crippen LogP contribution in [0.1, 0.15) is 13.3 Å². The molecule has 2 nitrogen and oxygen atoms in total. The molecule has 0 radical (unpaired) electrons. The van der Waals surface area contributed by atoms with Crippen LogP contribution < -0.4 is 0 Å². The summed E-state index contributed by atoms with van der Waals surface area (Å²) in [6.07, 6.45) is 3.00. The molecule has 58 valence electrons. The van der Waals surface area contributed by atoms with E-state index < -0.39 is 10.8 Å². The first-order chi connectivity index (χ1) is 4.75. The van der Waals surface area contributed by atoms with Crippen LogP contribution in [0.3, 0.4) is 0 Å². The van der Waals surface area contributed by atoms with Crippen molar-refractivity contribution in [1.82, 2.24) is 4.90 Å². The summed E-state index contributed by atoms with van der Waals surface area (Å²) in [6.45, 7) is 2.99. The van der Waals surface area contributed by atoms with Gasteiger partial charge in [0, 0.05) is 19.3 Å². The molecular weight excluding hydrogens is 146 g/mol. The molecule has 0 bridgehead atoms. The highest BCUT2D eigenvalue weighted by molar-refractivity contribution is 7.88. The Labute approximate surface area is 64.4 Å². The molecule has 0 aromatic rings. The van der Waals surface area contributed by atoms with Crippen molar-refractivity contribution >= 4 is 10.8 Å². The van der Waals surface area contributed by atoms with Gasteiger partial charge in [-0.3, -0.25) is 4.21 Å². The van der Waals surface area contributed by atoms with Gasteiger partial charge >= 0.3 is 0 Å². The number of nitrogens with zero attached hydrogens (tertiary/aromatic N) is 1. The Kier molecular flexibility index (Phi) is 2.49. The van der Waals surface area contributed by atoms with Crippen LogP contribution in [0, 0.1) is 0 Å². The van der Waals surface area contributed by atoms with E-state index in [9.17, 15) is 4.21 Å². The molecule has 1 saturated heterocycles. The second-order valence-electron chi connectivity index (χ2n) is 2.45. The zero-order chi connectivity index (χ0) is 7.56. The minimum absolute atomic E-state index is 0.721. The van der Waals surface area contributed by atoms with Crippen LogP contribution in [0.15, 0.2) is 11.1 Å². The van der Waals surface area contributed by atoms with Crippen molar-refractivity contribution < 1.29 is 4.21 Å². The SMILES string of the molecule is C/C=C1/N(C)CCCS1=O. The third-order valence-electron chi connectivity index (χ3n) is 1.68. The molecule has 1 fully saturated rings. The lowest BCUT2D eigenvalue weighted by Gasteiger charge is -2.26. The first-order valence-corrected chi connectivity index (χ1v) is 4.83. The molecule has 0 N–H and O–H groups in total. The molecule has 3 heteroatoms. The third-order valence-corrected chi connectivity index (χ3v) is 3.35. The fourth-order valence-corrected chi connectivity index (χ4v) is 2.48. The van der Waals surface area contributed by atoms with Gasteiger partial charge in [-0.05, 0) is 13.3 Å². The van der Waals surface area contributed by atoms with E-state index in [0.29, 0.717) is 0 Å². The molecule has 0 amide bonds. The van der Waals surface area contributed by atoms with E-state index in [1.165, 1.54) is 0 Å². The van der Waals surface area contributed by atoms with Crippen molar-refractivity contribution in [2.45, 2.75) is 13.3 Å². The zero-order valence-electron chi connectivity index (χ0n) is 6.46. The molecule has 0 saturated carbocycles. The molecule has 1 aliphatic heterocycles. The van der Waals surface area contributed by atoms with Gasteiger partial charge in [-0.15, -0.1) is 0 Å². The number of hydrogen-bond acceptors (Lipinski definition) is 2. The van der Waals surface area contributed by atoms with E-state index in [4.69, 9.17) is 0 Å². The van der Waals surface area contributed by atoms with Crippen molar-refractivity contribution in [3.8, 4) is 0 Å². The van der Waals surface area contributed by atoms with Gasteiger partial charge in [0.25, 0.3) is 0 Å². The standard InChI is InChI=1S/C7H13NOS/c1-3-7-8(2)5-4-6-10(7)9/h3H,4-6H2,1-2H3/b7-3-. The van der Waals surface area contributed by atoms with E-state index in [2.05, 4.69) is 4.90 Å². The van der Waals surface area contributed by atoms with Crippen LogP contribution in [0.5, 0.6) is 0 Å².